The highest BCUT2D eigenvalue weighted by Crippen LogP contribution is 2.32. The molecule has 6 heteroatoms. The van der Waals surface area contributed by atoms with Gasteiger partial charge in [0.25, 0.3) is 5.91 Å². The van der Waals surface area contributed by atoms with E-state index in [1.807, 2.05) is 18.2 Å². The summed E-state index contributed by atoms with van der Waals surface area (Å²) in [5, 5.41) is 6.51. The molecular weight excluding hydrogens is 438 g/mol. The fraction of sp³-hybridized carbons (Fsp3) is 0.379. The van der Waals surface area contributed by atoms with Crippen LogP contribution in [0.1, 0.15) is 64.7 Å². The molecule has 35 heavy (non-hydrogen) atoms. The number of rotatable bonds is 6. The Morgan fingerprint density at radius 2 is 2.00 bits per heavy atom. The number of carbonyl (C=O) groups excluding carboxylic acids is 2. The third kappa shape index (κ3) is 4.27. The van der Waals surface area contributed by atoms with Crippen LogP contribution in [-0.4, -0.2) is 34.9 Å². The summed E-state index contributed by atoms with van der Waals surface area (Å²) < 4.78 is 6.43. The first-order valence-electron chi connectivity index (χ1n) is 12.7. The number of carbonyl (C=O) groups is 2. The van der Waals surface area contributed by atoms with E-state index in [1.165, 1.54) is 16.7 Å². The molecule has 2 aliphatic heterocycles. The van der Waals surface area contributed by atoms with Crippen molar-refractivity contribution in [1.82, 2.24) is 15.5 Å². The lowest BCUT2D eigenvalue weighted by Gasteiger charge is -2.30. The van der Waals surface area contributed by atoms with Gasteiger partial charge in [-0.2, -0.15) is 0 Å². The van der Waals surface area contributed by atoms with Crippen LogP contribution in [0.5, 0.6) is 5.75 Å². The third-order valence-corrected chi connectivity index (χ3v) is 7.76. The fourth-order valence-corrected chi connectivity index (χ4v) is 5.84. The number of ether oxygens (including phenoxy) is 1. The van der Waals surface area contributed by atoms with Crippen molar-refractivity contribution >= 4 is 17.9 Å². The van der Waals surface area contributed by atoms with Crippen molar-refractivity contribution in [3.05, 3.63) is 82.6 Å². The van der Waals surface area contributed by atoms with E-state index in [1.54, 1.807) is 4.90 Å². The van der Waals surface area contributed by atoms with Crippen molar-refractivity contribution in [3.8, 4) is 5.75 Å². The standard InChI is InChI=1S/C29H31N3O3/c1-18-8-13-26(28(33)31-18)32-17-22-15-23(11-12-24(22)29(32)34)35-27-7-3-6-25(27)30-16-19-9-10-20-4-2-5-21(20)14-19/h2,5,9-12,14-15,25-27,30H,1,3-4,6-8,13,16-17H2,(H,31,33)/t25-,26?,27-/m0/s1. The van der Waals surface area contributed by atoms with Crippen molar-refractivity contribution in [2.45, 2.75) is 69.8 Å². The van der Waals surface area contributed by atoms with Crippen molar-refractivity contribution in [3.63, 3.8) is 0 Å². The maximum absolute atomic E-state index is 13.0. The average Bonchev–Trinajstić information content (AvgIpc) is 3.57. The highest BCUT2D eigenvalue weighted by Gasteiger charge is 2.38. The van der Waals surface area contributed by atoms with Crippen molar-refractivity contribution < 1.29 is 14.3 Å². The number of benzene rings is 2. The molecule has 1 saturated carbocycles. The number of nitrogens with one attached hydrogen (secondary N) is 2. The van der Waals surface area contributed by atoms with E-state index in [-0.39, 0.29) is 17.9 Å². The van der Waals surface area contributed by atoms with E-state index >= 15 is 0 Å². The Labute approximate surface area is 206 Å². The highest BCUT2D eigenvalue weighted by molar-refractivity contribution is 6.01. The lowest BCUT2D eigenvalue weighted by Crippen LogP contribution is -2.49. The SMILES string of the molecule is C=C1CCC(N2Cc3cc(O[C@H]4CCC[C@@H]4NCc4ccc5c(c4)C=CC5)ccc3C2=O)C(=O)N1. The number of hydrogen-bond acceptors (Lipinski definition) is 4. The predicted molar refractivity (Wildman–Crippen MR) is 135 cm³/mol. The highest BCUT2D eigenvalue weighted by atomic mass is 16.5. The molecule has 2 fully saturated rings. The molecule has 6 nitrogen and oxygen atoms in total. The third-order valence-electron chi connectivity index (χ3n) is 7.76. The Morgan fingerprint density at radius 1 is 1.09 bits per heavy atom. The normalized spacial score (nSPS) is 25.1. The van der Waals surface area contributed by atoms with Gasteiger partial charge in [0.05, 0.1) is 0 Å². The Kier molecular flexibility index (Phi) is 5.69. The summed E-state index contributed by atoms with van der Waals surface area (Å²) in [5.74, 6) is 0.572. The molecule has 1 unspecified atom stereocenters. The van der Waals surface area contributed by atoms with Gasteiger partial charge in [-0.15, -0.1) is 0 Å². The monoisotopic (exact) mass is 469 g/mol. The van der Waals surface area contributed by atoms with Crippen LogP contribution in [0.2, 0.25) is 0 Å². The second-order valence-electron chi connectivity index (χ2n) is 10.1. The van der Waals surface area contributed by atoms with Crippen LogP contribution in [0.3, 0.4) is 0 Å². The zero-order valence-corrected chi connectivity index (χ0v) is 19.9. The van der Waals surface area contributed by atoms with E-state index in [2.05, 4.69) is 47.6 Å². The largest absolute Gasteiger partial charge is 0.489 e. The number of fused-ring (bicyclic) bond motifs is 2. The van der Waals surface area contributed by atoms with Crippen molar-refractivity contribution in [2.24, 2.45) is 0 Å². The summed E-state index contributed by atoms with van der Waals surface area (Å²) in [6, 6.07) is 12.3. The molecule has 2 N–H and O–H groups in total. The van der Waals surface area contributed by atoms with Crippen LogP contribution < -0.4 is 15.4 Å². The molecule has 0 aromatic heterocycles. The minimum absolute atomic E-state index is 0.0798. The molecule has 2 amide bonds. The van der Waals surface area contributed by atoms with Gasteiger partial charge in [0.15, 0.2) is 0 Å². The van der Waals surface area contributed by atoms with Crippen LogP contribution in [0.4, 0.5) is 0 Å². The van der Waals surface area contributed by atoms with Gasteiger partial charge in [-0.1, -0.05) is 36.9 Å². The molecule has 0 bridgehead atoms. The molecule has 3 atom stereocenters. The fourth-order valence-electron chi connectivity index (χ4n) is 5.84. The first-order chi connectivity index (χ1) is 17.0. The predicted octanol–water partition coefficient (Wildman–Crippen LogP) is 4.09. The molecule has 6 rings (SSSR count). The summed E-state index contributed by atoms with van der Waals surface area (Å²) in [6.07, 6.45) is 10.1. The molecule has 0 radical (unpaired) electrons. The Bertz CT molecular complexity index is 1230. The number of hydrogen-bond donors (Lipinski definition) is 2. The molecule has 180 valence electrons. The van der Waals surface area contributed by atoms with Crippen LogP contribution in [0.15, 0.2) is 54.8 Å². The molecular formula is C29H31N3O3. The number of amides is 2. The number of nitrogens with zero attached hydrogens (tertiary/aromatic N) is 1. The second kappa shape index (κ2) is 9.00. The van der Waals surface area contributed by atoms with Gasteiger partial charge in [-0.3, -0.25) is 9.59 Å². The number of piperidine rings is 1. The summed E-state index contributed by atoms with van der Waals surface area (Å²) in [6.45, 7) is 5.10. The topological polar surface area (TPSA) is 70.7 Å². The summed E-state index contributed by atoms with van der Waals surface area (Å²) >= 11 is 0. The Hall–Kier alpha value is -3.38. The number of allylic oxidation sites excluding steroid dienone is 2. The minimum atomic E-state index is -0.442. The van der Waals surface area contributed by atoms with Crippen molar-refractivity contribution in [1.29, 1.82) is 0 Å². The molecule has 0 spiro atoms. The van der Waals surface area contributed by atoms with Gasteiger partial charge in [0, 0.05) is 30.4 Å². The van der Waals surface area contributed by atoms with Crippen LogP contribution in [0.25, 0.3) is 6.08 Å². The van der Waals surface area contributed by atoms with E-state index in [4.69, 9.17) is 4.74 Å². The van der Waals surface area contributed by atoms with E-state index in [0.717, 1.165) is 49.2 Å². The molecule has 2 aromatic rings. The summed E-state index contributed by atoms with van der Waals surface area (Å²) in [4.78, 5) is 27.1. The molecule has 4 aliphatic rings. The quantitative estimate of drug-likeness (QED) is 0.669. The first kappa shape index (κ1) is 22.1. The van der Waals surface area contributed by atoms with Gasteiger partial charge >= 0.3 is 0 Å². The minimum Gasteiger partial charge on any atom is -0.489 e. The first-order valence-corrected chi connectivity index (χ1v) is 12.7. The molecule has 2 aliphatic carbocycles. The maximum atomic E-state index is 13.0. The van der Waals surface area contributed by atoms with Gasteiger partial charge in [-0.25, -0.2) is 0 Å². The molecule has 2 aromatic carbocycles. The maximum Gasteiger partial charge on any atom is 0.255 e. The Balaban J connectivity index is 1.10. The van der Waals surface area contributed by atoms with Gasteiger partial charge < -0.3 is 20.3 Å². The van der Waals surface area contributed by atoms with Gasteiger partial charge in [0.1, 0.15) is 17.9 Å². The molecule has 2 heterocycles. The van der Waals surface area contributed by atoms with Crippen LogP contribution in [0, 0.1) is 0 Å². The lowest BCUT2D eigenvalue weighted by molar-refractivity contribution is -0.126. The average molecular weight is 470 g/mol. The smallest absolute Gasteiger partial charge is 0.255 e. The zero-order valence-electron chi connectivity index (χ0n) is 19.9. The summed E-state index contributed by atoms with van der Waals surface area (Å²) in [7, 11) is 0. The Morgan fingerprint density at radius 3 is 2.89 bits per heavy atom. The van der Waals surface area contributed by atoms with Crippen molar-refractivity contribution in [2.75, 3.05) is 0 Å². The molecule has 1 saturated heterocycles. The summed E-state index contributed by atoms with van der Waals surface area (Å²) in [5.41, 5.74) is 6.35. The second-order valence-corrected chi connectivity index (χ2v) is 10.1. The van der Waals surface area contributed by atoms with Gasteiger partial charge in [0.2, 0.25) is 5.91 Å². The van der Waals surface area contributed by atoms with E-state index < -0.39 is 6.04 Å². The van der Waals surface area contributed by atoms with Crippen LogP contribution in [-0.2, 0) is 24.3 Å². The van der Waals surface area contributed by atoms with Gasteiger partial charge in [-0.05, 0) is 79.0 Å². The van der Waals surface area contributed by atoms with E-state index in [9.17, 15) is 9.59 Å². The van der Waals surface area contributed by atoms with E-state index in [0.29, 0.717) is 31.0 Å². The lowest BCUT2D eigenvalue weighted by atomic mass is 10.0. The zero-order chi connectivity index (χ0) is 23.9. The van der Waals surface area contributed by atoms with Crippen LogP contribution >= 0.6 is 0 Å².